The van der Waals surface area contributed by atoms with Crippen LogP contribution in [0.5, 0.6) is 0 Å². The second kappa shape index (κ2) is 3.32. The molecule has 0 amide bonds. The molecule has 54 valence electrons. The van der Waals surface area contributed by atoms with Crippen molar-refractivity contribution in [2.75, 3.05) is 0 Å². The molecule has 1 heterocycles. The zero-order chi connectivity index (χ0) is 7.56. The highest BCUT2D eigenvalue weighted by Crippen LogP contribution is 2.26. The van der Waals surface area contributed by atoms with Gasteiger partial charge in [-0.1, -0.05) is 6.08 Å². The molecular formula is C7H8BrNS. The molecule has 0 radical (unpaired) electrons. The molecule has 1 nitrogen and oxygen atoms in total. The van der Waals surface area contributed by atoms with Gasteiger partial charge in [-0.3, -0.25) is 0 Å². The second-order valence-electron chi connectivity index (χ2n) is 1.90. The molecule has 10 heavy (non-hydrogen) atoms. The van der Waals surface area contributed by atoms with E-state index in [2.05, 4.69) is 22.5 Å². The minimum atomic E-state index is -0.0173. The van der Waals surface area contributed by atoms with Crippen molar-refractivity contribution in [2.24, 2.45) is 5.73 Å². The Bertz CT molecular complexity index is 231. The summed E-state index contributed by atoms with van der Waals surface area (Å²) in [4.78, 5) is 1.14. The van der Waals surface area contributed by atoms with Crippen molar-refractivity contribution in [1.29, 1.82) is 0 Å². The molecule has 0 spiro atoms. The summed E-state index contributed by atoms with van der Waals surface area (Å²) >= 11 is 5.00. The third-order valence-corrected chi connectivity index (χ3v) is 2.90. The smallest absolute Gasteiger partial charge is 0.0702 e. The van der Waals surface area contributed by atoms with Crippen molar-refractivity contribution in [1.82, 2.24) is 0 Å². The number of hydrogen-bond donors (Lipinski definition) is 1. The highest BCUT2D eigenvalue weighted by molar-refractivity contribution is 9.11. The Morgan fingerprint density at radius 1 is 1.70 bits per heavy atom. The SMILES string of the molecule is C=C[C@H](N)c1ccc(Br)s1. The van der Waals surface area contributed by atoms with Crippen LogP contribution in [0.1, 0.15) is 10.9 Å². The zero-order valence-electron chi connectivity index (χ0n) is 5.38. The van der Waals surface area contributed by atoms with Crippen molar-refractivity contribution in [3.05, 3.63) is 33.5 Å². The van der Waals surface area contributed by atoms with E-state index in [-0.39, 0.29) is 6.04 Å². The summed E-state index contributed by atoms with van der Waals surface area (Å²) in [6.45, 7) is 3.61. The van der Waals surface area contributed by atoms with Gasteiger partial charge >= 0.3 is 0 Å². The summed E-state index contributed by atoms with van der Waals surface area (Å²) in [6, 6.07) is 3.97. The molecule has 0 aliphatic heterocycles. The monoisotopic (exact) mass is 217 g/mol. The first-order valence-electron chi connectivity index (χ1n) is 2.87. The number of hydrogen-bond acceptors (Lipinski definition) is 2. The molecule has 1 aromatic rings. The number of thiophene rings is 1. The van der Waals surface area contributed by atoms with E-state index in [9.17, 15) is 0 Å². The Balaban J connectivity index is 2.84. The first-order valence-corrected chi connectivity index (χ1v) is 4.48. The van der Waals surface area contributed by atoms with Gasteiger partial charge in [0.05, 0.1) is 9.83 Å². The lowest BCUT2D eigenvalue weighted by Crippen LogP contribution is -2.03. The minimum absolute atomic E-state index is 0.0173. The van der Waals surface area contributed by atoms with E-state index in [4.69, 9.17) is 5.73 Å². The zero-order valence-corrected chi connectivity index (χ0v) is 7.78. The molecule has 1 aromatic heterocycles. The maximum Gasteiger partial charge on any atom is 0.0702 e. The first kappa shape index (κ1) is 7.98. The molecule has 1 rings (SSSR count). The Morgan fingerprint density at radius 3 is 2.80 bits per heavy atom. The van der Waals surface area contributed by atoms with E-state index >= 15 is 0 Å². The van der Waals surface area contributed by atoms with Crippen LogP contribution < -0.4 is 5.73 Å². The number of halogens is 1. The fraction of sp³-hybridized carbons (Fsp3) is 0.143. The first-order chi connectivity index (χ1) is 4.74. The molecule has 0 saturated carbocycles. The van der Waals surface area contributed by atoms with Gasteiger partial charge in [0.2, 0.25) is 0 Å². The van der Waals surface area contributed by atoms with Gasteiger partial charge in [0, 0.05) is 4.88 Å². The second-order valence-corrected chi connectivity index (χ2v) is 4.40. The molecule has 0 aliphatic rings. The normalized spacial score (nSPS) is 13.0. The molecule has 1 atom stereocenters. The lowest BCUT2D eigenvalue weighted by molar-refractivity contribution is 0.940. The molecule has 2 N–H and O–H groups in total. The quantitative estimate of drug-likeness (QED) is 0.759. The summed E-state index contributed by atoms with van der Waals surface area (Å²) in [6.07, 6.45) is 1.73. The molecule has 0 unspecified atom stereocenters. The average Bonchev–Trinajstić information content (AvgIpc) is 2.34. The summed E-state index contributed by atoms with van der Waals surface area (Å²) in [5.74, 6) is 0. The van der Waals surface area contributed by atoms with Crippen LogP contribution in [0.25, 0.3) is 0 Å². The molecule has 0 aromatic carbocycles. The maximum absolute atomic E-state index is 5.68. The van der Waals surface area contributed by atoms with Gasteiger partial charge in [-0.2, -0.15) is 0 Å². The van der Waals surface area contributed by atoms with E-state index in [1.54, 1.807) is 17.4 Å². The maximum atomic E-state index is 5.68. The van der Waals surface area contributed by atoms with Gasteiger partial charge in [0.25, 0.3) is 0 Å². The van der Waals surface area contributed by atoms with E-state index in [0.717, 1.165) is 8.66 Å². The van der Waals surface area contributed by atoms with Crippen molar-refractivity contribution < 1.29 is 0 Å². The molecule has 3 heteroatoms. The van der Waals surface area contributed by atoms with Gasteiger partial charge in [-0.25, -0.2) is 0 Å². The number of nitrogens with two attached hydrogens (primary N) is 1. The van der Waals surface area contributed by atoms with Crippen molar-refractivity contribution in [3.63, 3.8) is 0 Å². The van der Waals surface area contributed by atoms with Crippen LogP contribution in [0.2, 0.25) is 0 Å². The lowest BCUT2D eigenvalue weighted by atomic mass is 10.2. The fourth-order valence-corrected chi connectivity index (χ4v) is 2.05. The highest BCUT2D eigenvalue weighted by Gasteiger charge is 2.02. The van der Waals surface area contributed by atoms with Crippen LogP contribution in [0.15, 0.2) is 28.6 Å². The van der Waals surface area contributed by atoms with Gasteiger partial charge in [-0.05, 0) is 28.1 Å². The molecule has 0 fully saturated rings. The van der Waals surface area contributed by atoms with E-state index < -0.39 is 0 Å². The Hall–Kier alpha value is -0.120. The molecule has 0 aliphatic carbocycles. The molecular weight excluding hydrogens is 210 g/mol. The lowest BCUT2D eigenvalue weighted by Gasteiger charge is -1.99. The third kappa shape index (κ3) is 1.68. The van der Waals surface area contributed by atoms with Gasteiger partial charge < -0.3 is 5.73 Å². The van der Waals surface area contributed by atoms with Crippen LogP contribution in [0.4, 0.5) is 0 Å². The van der Waals surface area contributed by atoms with Crippen LogP contribution in [-0.4, -0.2) is 0 Å². The van der Waals surface area contributed by atoms with Crippen LogP contribution in [0, 0.1) is 0 Å². The minimum Gasteiger partial charge on any atom is -0.320 e. The van der Waals surface area contributed by atoms with E-state index in [1.807, 2.05) is 12.1 Å². The molecule has 0 saturated heterocycles. The van der Waals surface area contributed by atoms with Crippen LogP contribution in [0.3, 0.4) is 0 Å². The van der Waals surface area contributed by atoms with Gasteiger partial charge in [0.15, 0.2) is 0 Å². The predicted octanol–water partition coefficient (Wildman–Crippen LogP) is 2.70. The average molecular weight is 218 g/mol. The largest absolute Gasteiger partial charge is 0.320 e. The molecule has 0 bridgehead atoms. The summed E-state index contributed by atoms with van der Waals surface area (Å²) in [7, 11) is 0. The van der Waals surface area contributed by atoms with E-state index in [1.165, 1.54) is 0 Å². The Morgan fingerprint density at radius 2 is 2.40 bits per heavy atom. The predicted molar refractivity (Wildman–Crippen MR) is 49.1 cm³/mol. The van der Waals surface area contributed by atoms with Crippen LogP contribution >= 0.6 is 27.3 Å². The highest BCUT2D eigenvalue weighted by atomic mass is 79.9. The summed E-state index contributed by atoms with van der Waals surface area (Å²) < 4.78 is 1.11. The summed E-state index contributed by atoms with van der Waals surface area (Å²) in [5.41, 5.74) is 5.68. The third-order valence-electron chi connectivity index (χ3n) is 1.18. The fourth-order valence-electron chi connectivity index (χ4n) is 0.624. The Labute approximate surface area is 72.7 Å². The van der Waals surface area contributed by atoms with Gasteiger partial charge in [0.1, 0.15) is 0 Å². The van der Waals surface area contributed by atoms with Crippen molar-refractivity contribution in [2.45, 2.75) is 6.04 Å². The Kier molecular flexibility index (Phi) is 2.65. The van der Waals surface area contributed by atoms with Crippen LogP contribution in [-0.2, 0) is 0 Å². The van der Waals surface area contributed by atoms with Crippen molar-refractivity contribution in [3.8, 4) is 0 Å². The van der Waals surface area contributed by atoms with Crippen molar-refractivity contribution >= 4 is 27.3 Å². The standard InChI is InChI=1S/C7H8BrNS/c1-2-5(9)6-3-4-7(8)10-6/h2-5H,1,9H2/t5-/m0/s1. The topological polar surface area (TPSA) is 26.0 Å². The summed E-state index contributed by atoms with van der Waals surface area (Å²) in [5, 5.41) is 0. The number of rotatable bonds is 2. The van der Waals surface area contributed by atoms with Gasteiger partial charge in [-0.15, -0.1) is 17.9 Å². The van der Waals surface area contributed by atoms with E-state index in [0.29, 0.717) is 0 Å².